The molecule has 1 saturated heterocycles. The van der Waals surface area contributed by atoms with Gasteiger partial charge in [-0.3, -0.25) is 4.72 Å². The van der Waals surface area contributed by atoms with E-state index in [-0.39, 0.29) is 10.6 Å². The normalized spacial score (nSPS) is 14.4. The molecule has 2 aromatic rings. The van der Waals surface area contributed by atoms with E-state index in [1.54, 1.807) is 19.0 Å². The highest BCUT2D eigenvalue weighted by Gasteiger charge is 2.22. The molecular formula is C18H25N5O5S. The second kappa shape index (κ2) is 8.70. The van der Waals surface area contributed by atoms with Crippen molar-refractivity contribution < 1.29 is 22.6 Å². The molecule has 3 rings (SSSR count). The second-order valence-electron chi connectivity index (χ2n) is 6.52. The summed E-state index contributed by atoms with van der Waals surface area (Å²) in [6.07, 6.45) is 1.48. The van der Waals surface area contributed by atoms with E-state index in [1.165, 1.54) is 38.6 Å². The number of nitrogens with one attached hydrogen (secondary N) is 1. The summed E-state index contributed by atoms with van der Waals surface area (Å²) >= 11 is 0. The molecule has 1 aliphatic heterocycles. The van der Waals surface area contributed by atoms with Gasteiger partial charge in [-0.25, -0.2) is 13.4 Å². The molecule has 29 heavy (non-hydrogen) atoms. The lowest BCUT2D eigenvalue weighted by molar-refractivity contribution is 0.122. The molecule has 1 aromatic heterocycles. The van der Waals surface area contributed by atoms with Crippen molar-refractivity contribution in [2.75, 3.05) is 69.1 Å². The largest absolute Gasteiger partial charge is 0.493 e. The van der Waals surface area contributed by atoms with Gasteiger partial charge in [-0.2, -0.15) is 4.98 Å². The van der Waals surface area contributed by atoms with Gasteiger partial charge >= 0.3 is 0 Å². The summed E-state index contributed by atoms with van der Waals surface area (Å²) in [6, 6.07) is 4.39. The number of morpholine rings is 1. The number of rotatable bonds is 7. The molecule has 0 radical (unpaired) electrons. The average molecular weight is 423 g/mol. The van der Waals surface area contributed by atoms with E-state index in [4.69, 9.17) is 14.2 Å². The smallest absolute Gasteiger partial charge is 0.262 e. The average Bonchev–Trinajstić information content (AvgIpc) is 2.73. The molecular weight excluding hydrogens is 398 g/mol. The van der Waals surface area contributed by atoms with E-state index in [0.29, 0.717) is 49.6 Å². The first-order chi connectivity index (χ1) is 13.9. The number of benzene rings is 1. The van der Waals surface area contributed by atoms with Crippen LogP contribution in [-0.4, -0.2) is 73.0 Å². The van der Waals surface area contributed by atoms with Gasteiger partial charge in [0.05, 0.1) is 38.5 Å². The summed E-state index contributed by atoms with van der Waals surface area (Å²) in [4.78, 5) is 12.7. The standard InChI is InChI=1S/C18H25N5O5S/c1-22(2)17-14(12-19-18(20-17)23-7-9-28-10-8-23)21-29(24,25)13-5-6-15(26-3)16(11-13)27-4/h5-6,11-12,21H,7-10H2,1-4H3. The van der Waals surface area contributed by atoms with Gasteiger partial charge in [0.25, 0.3) is 10.0 Å². The van der Waals surface area contributed by atoms with Crippen LogP contribution in [0, 0.1) is 0 Å². The summed E-state index contributed by atoms with van der Waals surface area (Å²) in [7, 11) is 2.63. The minimum Gasteiger partial charge on any atom is -0.493 e. The maximum atomic E-state index is 12.9. The lowest BCUT2D eigenvalue weighted by Gasteiger charge is -2.28. The first kappa shape index (κ1) is 20.9. The lowest BCUT2D eigenvalue weighted by Crippen LogP contribution is -2.37. The van der Waals surface area contributed by atoms with E-state index < -0.39 is 10.0 Å². The quantitative estimate of drug-likeness (QED) is 0.703. The SMILES string of the molecule is COc1ccc(S(=O)(=O)Nc2cnc(N3CCOCC3)nc2N(C)C)cc1OC. The maximum absolute atomic E-state index is 12.9. The summed E-state index contributed by atoms with van der Waals surface area (Å²) in [5, 5.41) is 0. The van der Waals surface area contributed by atoms with Crippen LogP contribution >= 0.6 is 0 Å². The lowest BCUT2D eigenvalue weighted by atomic mass is 10.3. The Balaban J connectivity index is 1.91. The maximum Gasteiger partial charge on any atom is 0.262 e. The van der Waals surface area contributed by atoms with Crippen molar-refractivity contribution >= 4 is 27.5 Å². The third kappa shape index (κ3) is 4.62. The highest BCUT2D eigenvalue weighted by atomic mass is 32.2. The van der Waals surface area contributed by atoms with Gasteiger partial charge < -0.3 is 24.0 Å². The van der Waals surface area contributed by atoms with Crippen molar-refractivity contribution in [2.45, 2.75) is 4.90 Å². The van der Waals surface area contributed by atoms with E-state index in [1.807, 2.05) is 4.90 Å². The topological polar surface area (TPSA) is 106 Å². The Kier molecular flexibility index (Phi) is 6.28. The first-order valence-electron chi connectivity index (χ1n) is 8.97. The van der Waals surface area contributed by atoms with Crippen LogP contribution in [0.15, 0.2) is 29.3 Å². The molecule has 158 valence electrons. The summed E-state index contributed by atoms with van der Waals surface area (Å²) < 4.78 is 44.1. The summed E-state index contributed by atoms with van der Waals surface area (Å²) in [5.41, 5.74) is 0.279. The van der Waals surface area contributed by atoms with Crippen LogP contribution in [0.1, 0.15) is 0 Å². The molecule has 0 spiro atoms. The molecule has 0 aliphatic carbocycles. The molecule has 2 heterocycles. The van der Waals surface area contributed by atoms with Gasteiger partial charge in [0.15, 0.2) is 17.3 Å². The molecule has 11 heteroatoms. The highest BCUT2D eigenvalue weighted by molar-refractivity contribution is 7.92. The molecule has 1 fully saturated rings. The molecule has 1 aliphatic rings. The Morgan fingerprint density at radius 2 is 1.83 bits per heavy atom. The van der Waals surface area contributed by atoms with Gasteiger partial charge in [-0.15, -0.1) is 0 Å². The third-order valence-corrected chi connectivity index (χ3v) is 5.75. The molecule has 0 saturated carbocycles. The Morgan fingerprint density at radius 1 is 1.14 bits per heavy atom. The van der Waals surface area contributed by atoms with Crippen molar-refractivity contribution in [3.8, 4) is 11.5 Å². The first-order valence-corrected chi connectivity index (χ1v) is 10.5. The van der Waals surface area contributed by atoms with E-state index in [9.17, 15) is 8.42 Å². The van der Waals surface area contributed by atoms with Crippen LogP contribution in [0.5, 0.6) is 11.5 Å². The minimum atomic E-state index is -3.89. The van der Waals surface area contributed by atoms with Crippen molar-refractivity contribution in [1.29, 1.82) is 0 Å². The molecule has 0 bridgehead atoms. The molecule has 1 N–H and O–H groups in total. The highest BCUT2D eigenvalue weighted by Crippen LogP contribution is 2.31. The fraction of sp³-hybridized carbons (Fsp3) is 0.444. The molecule has 10 nitrogen and oxygen atoms in total. The Labute approximate surface area is 170 Å². The zero-order valence-electron chi connectivity index (χ0n) is 16.9. The van der Waals surface area contributed by atoms with Crippen LogP contribution in [0.2, 0.25) is 0 Å². The number of ether oxygens (including phenoxy) is 3. The Hall–Kier alpha value is -2.79. The van der Waals surface area contributed by atoms with Gasteiger partial charge in [0.2, 0.25) is 5.95 Å². The zero-order valence-corrected chi connectivity index (χ0v) is 17.7. The van der Waals surface area contributed by atoms with Gasteiger partial charge in [-0.05, 0) is 12.1 Å². The zero-order chi connectivity index (χ0) is 21.0. The number of nitrogens with zero attached hydrogens (tertiary/aromatic N) is 4. The molecule has 0 unspecified atom stereocenters. The number of sulfonamides is 1. The third-order valence-electron chi connectivity index (χ3n) is 4.38. The van der Waals surface area contributed by atoms with Crippen LogP contribution in [-0.2, 0) is 14.8 Å². The van der Waals surface area contributed by atoms with Crippen molar-refractivity contribution in [3.63, 3.8) is 0 Å². The summed E-state index contributed by atoms with van der Waals surface area (Å²) in [6.45, 7) is 2.58. The summed E-state index contributed by atoms with van der Waals surface area (Å²) in [5.74, 6) is 1.76. The number of methoxy groups -OCH3 is 2. The predicted molar refractivity (Wildman–Crippen MR) is 110 cm³/mol. The molecule has 0 amide bonds. The van der Waals surface area contributed by atoms with Crippen molar-refractivity contribution in [2.24, 2.45) is 0 Å². The van der Waals surface area contributed by atoms with E-state index in [2.05, 4.69) is 14.7 Å². The van der Waals surface area contributed by atoms with Gasteiger partial charge in [0, 0.05) is 33.3 Å². The number of hydrogen-bond acceptors (Lipinski definition) is 9. The van der Waals surface area contributed by atoms with E-state index >= 15 is 0 Å². The van der Waals surface area contributed by atoms with Crippen molar-refractivity contribution in [1.82, 2.24) is 9.97 Å². The predicted octanol–water partition coefficient (Wildman–Crippen LogP) is 1.20. The van der Waals surface area contributed by atoms with Crippen LogP contribution in [0.3, 0.4) is 0 Å². The number of anilines is 3. The monoisotopic (exact) mass is 423 g/mol. The molecule has 0 atom stereocenters. The second-order valence-corrected chi connectivity index (χ2v) is 8.21. The fourth-order valence-electron chi connectivity index (χ4n) is 2.88. The van der Waals surface area contributed by atoms with Crippen LogP contribution in [0.25, 0.3) is 0 Å². The number of hydrogen-bond donors (Lipinski definition) is 1. The van der Waals surface area contributed by atoms with Crippen LogP contribution in [0.4, 0.5) is 17.5 Å². The molecule has 1 aromatic carbocycles. The number of aromatic nitrogens is 2. The van der Waals surface area contributed by atoms with Gasteiger partial charge in [0.1, 0.15) is 5.69 Å². The Morgan fingerprint density at radius 3 is 2.45 bits per heavy atom. The minimum absolute atomic E-state index is 0.0390. The van der Waals surface area contributed by atoms with Crippen LogP contribution < -0.4 is 24.0 Å². The van der Waals surface area contributed by atoms with Crippen molar-refractivity contribution in [3.05, 3.63) is 24.4 Å². The van der Waals surface area contributed by atoms with E-state index in [0.717, 1.165) is 0 Å². The van der Waals surface area contributed by atoms with Gasteiger partial charge in [-0.1, -0.05) is 0 Å². The Bertz CT molecular complexity index is 961. The fourth-order valence-corrected chi connectivity index (χ4v) is 3.94.